The van der Waals surface area contributed by atoms with Crippen molar-refractivity contribution in [3.8, 4) is 0 Å². The molecule has 0 spiro atoms. The monoisotopic (exact) mass is 419 g/mol. The molecule has 1 aliphatic heterocycles. The molecule has 1 aromatic heterocycles. The van der Waals surface area contributed by atoms with Crippen molar-refractivity contribution >= 4 is 28.8 Å². The van der Waals surface area contributed by atoms with E-state index in [4.69, 9.17) is 0 Å². The number of hydrogen-bond donors (Lipinski definition) is 2. The number of carbonyl (C=O) groups excluding carboxylic acids is 2. The van der Waals surface area contributed by atoms with Crippen molar-refractivity contribution in [1.82, 2.24) is 10.2 Å². The summed E-state index contributed by atoms with van der Waals surface area (Å²) in [5.41, 5.74) is 3.89. The second-order valence-electron chi connectivity index (χ2n) is 7.49. The van der Waals surface area contributed by atoms with Gasteiger partial charge in [-0.3, -0.25) is 14.5 Å². The molecule has 2 amide bonds. The van der Waals surface area contributed by atoms with Crippen LogP contribution in [-0.2, 0) is 13.1 Å². The zero-order valence-corrected chi connectivity index (χ0v) is 17.6. The van der Waals surface area contributed by atoms with E-state index in [2.05, 4.69) is 39.8 Å². The third-order valence-electron chi connectivity index (χ3n) is 5.28. The van der Waals surface area contributed by atoms with Crippen LogP contribution in [0.3, 0.4) is 0 Å². The minimum Gasteiger partial charge on any atom is -0.348 e. The number of amides is 2. The average Bonchev–Trinajstić information content (AvgIpc) is 3.48. The fourth-order valence-electron chi connectivity index (χ4n) is 3.62. The summed E-state index contributed by atoms with van der Waals surface area (Å²) in [5, 5.41) is 9.43. The minimum absolute atomic E-state index is 0.211. The molecule has 0 bridgehead atoms. The van der Waals surface area contributed by atoms with Gasteiger partial charge in [-0.1, -0.05) is 36.4 Å². The summed E-state index contributed by atoms with van der Waals surface area (Å²) < 4.78 is 0. The Kier molecular flexibility index (Phi) is 6.57. The summed E-state index contributed by atoms with van der Waals surface area (Å²) in [6, 6.07) is 17.2. The van der Waals surface area contributed by atoms with E-state index in [1.807, 2.05) is 5.38 Å². The van der Waals surface area contributed by atoms with Crippen molar-refractivity contribution < 1.29 is 9.59 Å². The largest absolute Gasteiger partial charge is 0.348 e. The second-order valence-corrected chi connectivity index (χ2v) is 8.27. The zero-order valence-electron chi connectivity index (χ0n) is 16.8. The number of hydrogen-bond acceptors (Lipinski definition) is 4. The van der Waals surface area contributed by atoms with Crippen molar-refractivity contribution in [2.24, 2.45) is 0 Å². The molecule has 2 N–H and O–H groups in total. The Balaban J connectivity index is 1.35. The molecule has 1 aliphatic rings. The molecule has 3 aromatic rings. The summed E-state index contributed by atoms with van der Waals surface area (Å²) >= 11 is 1.46. The minimum atomic E-state index is -0.218. The second kappa shape index (κ2) is 9.69. The number of thiophene rings is 1. The lowest BCUT2D eigenvalue weighted by molar-refractivity contribution is 0.0952. The highest BCUT2D eigenvalue weighted by Gasteiger charge is 2.15. The predicted octanol–water partition coefficient (Wildman–Crippen LogP) is 4.53. The maximum absolute atomic E-state index is 12.7. The van der Waals surface area contributed by atoms with Crippen LogP contribution in [0, 0.1) is 0 Å². The lowest BCUT2D eigenvalue weighted by atomic mass is 10.1. The van der Waals surface area contributed by atoms with Gasteiger partial charge in [0.2, 0.25) is 0 Å². The fourth-order valence-corrected chi connectivity index (χ4v) is 4.25. The SMILES string of the molecule is O=C(Nc1ccccc1C(=O)NCc1ccc(CN2CCCC2)cc1)c1ccsc1. The van der Waals surface area contributed by atoms with Gasteiger partial charge >= 0.3 is 0 Å². The molecular weight excluding hydrogens is 394 g/mol. The Morgan fingerprint density at radius 2 is 1.63 bits per heavy atom. The molecule has 0 aliphatic carbocycles. The smallest absolute Gasteiger partial charge is 0.256 e. The van der Waals surface area contributed by atoms with Crippen LogP contribution in [0.4, 0.5) is 5.69 Å². The van der Waals surface area contributed by atoms with Crippen LogP contribution in [-0.4, -0.2) is 29.8 Å². The van der Waals surface area contributed by atoms with Crippen molar-refractivity contribution in [2.75, 3.05) is 18.4 Å². The van der Waals surface area contributed by atoms with E-state index in [0.29, 0.717) is 23.4 Å². The van der Waals surface area contributed by atoms with Gasteiger partial charge in [0, 0.05) is 18.5 Å². The average molecular weight is 420 g/mol. The van der Waals surface area contributed by atoms with Gasteiger partial charge in [-0.25, -0.2) is 0 Å². The molecule has 0 atom stereocenters. The van der Waals surface area contributed by atoms with Crippen molar-refractivity contribution in [2.45, 2.75) is 25.9 Å². The first-order valence-electron chi connectivity index (χ1n) is 10.2. The maximum Gasteiger partial charge on any atom is 0.256 e. The molecule has 0 radical (unpaired) electrons. The van der Waals surface area contributed by atoms with Gasteiger partial charge in [-0.05, 0) is 60.6 Å². The van der Waals surface area contributed by atoms with E-state index >= 15 is 0 Å². The lowest BCUT2D eigenvalue weighted by Gasteiger charge is -2.15. The Labute approximate surface area is 180 Å². The van der Waals surface area contributed by atoms with Crippen molar-refractivity contribution in [3.05, 3.63) is 87.6 Å². The number of benzene rings is 2. The summed E-state index contributed by atoms with van der Waals surface area (Å²) in [6.45, 7) is 3.79. The van der Waals surface area contributed by atoms with Gasteiger partial charge in [0.1, 0.15) is 0 Å². The fraction of sp³-hybridized carbons (Fsp3) is 0.250. The number of nitrogens with zero attached hydrogens (tertiary/aromatic N) is 1. The van der Waals surface area contributed by atoms with Crippen LogP contribution in [0.2, 0.25) is 0 Å². The van der Waals surface area contributed by atoms with E-state index in [-0.39, 0.29) is 11.8 Å². The first-order chi connectivity index (χ1) is 14.7. The summed E-state index contributed by atoms with van der Waals surface area (Å²) in [5.74, 6) is -0.428. The third kappa shape index (κ3) is 5.14. The van der Waals surface area contributed by atoms with Gasteiger partial charge in [0.15, 0.2) is 0 Å². The highest BCUT2D eigenvalue weighted by Crippen LogP contribution is 2.18. The number of carbonyl (C=O) groups is 2. The lowest BCUT2D eigenvalue weighted by Crippen LogP contribution is -2.25. The van der Waals surface area contributed by atoms with Crippen molar-refractivity contribution in [3.63, 3.8) is 0 Å². The van der Waals surface area contributed by atoms with Gasteiger partial charge in [-0.15, -0.1) is 0 Å². The van der Waals surface area contributed by atoms with E-state index in [0.717, 1.165) is 12.1 Å². The van der Waals surface area contributed by atoms with E-state index in [1.165, 1.54) is 42.8 Å². The standard InChI is InChI=1S/C24H25N3O2S/c28-23(20-11-14-30-17-20)26-22-6-2-1-5-21(22)24(29)25-15-18-7-9-19(10-8-18)16-27-12-3-4-13-27/h1-2,5-11,14,17H,3-4,12-13,15-16H2,(H,25,29)(H,26,28). The van der Waals surface area contributed by atoms with Crippen molar-refractivity contribution in [1.29, 1.82) is 0 Å². The Morgan fingerprint density at radius 3 is 2.37 bits per heavy atom. The topological polar surface area (TPSA) is 61.4 Å². The molecule has 6 heteroatoms. The van der Waals surface area contributed by atoms with Crippen LogP contribution in [0.25, 0.3) is 0 Å². The highest BCUT2D eigenvalue weighted by atomic mass is 32.1. The molecule has 2 aromatic carbocycles. The molecule has 30 heavy (non-hydrogen) atoms. The molecule has 0 saturated carbocycles. The number of para-hydroxylation sites is 1. The number of anilines is 1. The number of rotatable bonds is 7. The van der Waals surface area contributed by atoms with Crippen LogP contribution in [0.1, 0.15) is 44.7 Å². The molecule has 1 fully saturated rings. The summed E-state index contributed by atoms with van der Waals surface area (Å²) in [6.07, 6.45) is 2.58. The molecule has 2 heterocycles. The van der Waals surface area contributed by atoms with Crippen LogP contribution >= 0.6 is 11.3 Å². The third-order valence-corrected chi connectivity index (χ3v) is 5.97. The molecule has 0 unspecified atom stereocenters. The molecule has 154 valence electrons. The van der Waals surface area contributed by atoms with Gasteiger partial charge in [-0.2, -0.15) is 11.3 Å². The van der Waals surface area contributed by atoms with E-state index < -0.39 is 0 Å². The predicted molar refractivity (Wildman–Crippen MR) is 121 cm³/mol. The molecule has 5 nitrogen and oxygen atoms in total. The summed E-state index contributed by atoms with van der Waals surface area (Å²) in [7, 11) is 0. The first kappa shape index (κ1) is 20.3. The number of nitrogens with one attached hydrogen (secondary N) is 2. The molecule has 4 rings (SSSR count). The Morgan fingerprint density at radius 1 is 0.900 bits per heavy atom. The highest BCUT2D eigenvalue weighted by molar-refractivity contribution is 7.08. The normalized spacial score (nSPS) is 13.9. The maximum atomic E-state index is 12.7. The molecular formula is C24H25N3O2S. The van der Waals surface area contributed by atoms with Crippen LogP contribution in [0.5, 0.6) is 0 Å². The Bertz CT molecular complexity index is 994. The van der Waals surface area contributed by atoms with Gasteiger partial charge < -0.3 is 10.6 Å². The van der Waals surface area contributed by atoms with E-state index in [1.54, 1.807) is 35.7 Å². The van der Waals surface area contributed by atoms with E-state index in [9.17, 15) is 9.59 Å². The quantitative estimate of drug-likeness (QED) is 0.592. The molecule has 1 saturated heterocycles. The zero-order chi connectivity index (χ0) is 20.8. The number of likely N-dealkylation sites (tertiary alicyclic amines) is 1. The Hall–Kier alpha value is -2.96. The van der Waals surface area contributed by atoms with Crippen LogP contribution in [0.15, 0.2) is 65.4 Å². The van der Waals surface area contributed by atoms with Gasteiger partial charge in [0.05, 0.1) is 16.8 Å². The first-order valence-corrected chi connectivity index (χ1v) is 11.1. The van der Waals surface area contributed by atoms with Crippen LogP contribution < -0.4 is 10.6 Å². The summed E-state index contributed by atoms with van der Waals surface area (Å²) in [4.78, 5) is 27.6. The van der Waals surface area contributed by atoms with Gasteiger partial charge in [0.25, 0.3) is 11.8 Å².